The van der Waals surface area contributed by atoms with E-state index in [9.17, 15) is 4.79 Å². The Bertz CT molecular complexity index is 523. The highest BCUT2D eigenvalue weighted by atomic mass is 32.1. The van der Waals surface area contributed by atoms with Gasteiger partial charge in [0.2, 0.25) is 0 Å². The molecule has 4 nitrogen and oxygen atoms in total. The number of hydrogen-bond acceptors (Lipinski definition) is 4. The van der Waals surface area contributed by atoms with Crippen molar-refractivity contribution in [2.24, 2.45) is 0 Å². The summed E-state index contributed by atoms with van der Waals surface area (Å²) in [5, 5.41) is 4.87. The minimum atomic E-state index is -0.141. The maximum Gasteiger partial charge on any atom is 0.258 e. The van der Waals surface area contributed by atoms with E-state index in [4.69, 9.17) is 10.5 Å². The molecule has 0 aliphatic heterocycles. The van der Waals surface area contributed by atoms with Crippen molar-refractivity contribution in [3.63, 3.8) is 0 Å². The highest BCUT2D eigenvalue weighted by molar-refractivity contribution is 7.10. The van der Waals surface area contributed by atoms with E-state index >= 15 is 0 Å². The van der Waals surface area contributed by atoms with Gasteiger partial charge in [0.15, 0.2) is 6.61 Å². The molecule has 19 heavy (non-hydrogen) atoms. The van der Waals surface area contributed by atoms with E-state index in [-0.39, 0.29) is 18.6 Å². The highest BCUT2D eigenvalue weighted by Gasteiger charge is 2.10. The van der Waals surface area contributed by atoms with Gasteiger partial charge >= 0.3 is 0 Å². The number of rotatable bonds is 5. The molecule has 2 rings (SSSR count). The third-order valence-corrected chi connectivity index (χ3v) is 3.65. The molecular weight excluding hydrogens is 260 g/mol. The molecule has 100 valence electrons. The Morgan fingerprint density at radius 3 is 2.74 bits per heavy atom. The van der Waals surface area contributed by atoms with E-state index in [1.54, 1.807) is 35.6 Å². The first-order valence-electron chi connectivity index (χ1n) is 5.96. The lowest BCUT2D eigenvalue weighted by Gasteiger charge is -2.12. The summed E-state index contributed by atoms with van der Waals surface area (Å²) in [5.74, 6) is 0.492. The van der Waals surface area contributed by atoms with E-state index in [0.29, 0.717) is 11.4 Å². The molecule has 0 spiro atoms. The number of nitrogens with two attached hydrogens (primary N) is 1. The smallest absolute Gasteiger partial charge is 0.258 e. The van der Waals surface area contributed by atoms with E-state index in [1.807, 2.05) is 24.4 Å². The van der Waals surface area contributed by atoms with Crippen LogP contribution in [0.3, 0.4) is 0 Å². The Kier molecular flexibility index (Phi) is 4.41. The molecule has 0 saturated heterocycles. The van der Waals surface area contributed by atoms with Crippen molar-refractivity contribution >= 4 is 22.9 Å². The monoisotopic (exact) mass is 276 g/mol. The molecule has 0 saturated carbocycles. The maximum atomic E-state index is 11.7. The molecule has 1 unspecified atom stereocenters. The first-order chi connectivity index (χ1) is 9.15. The normalized spacial score (nSPS) is 11.8. The molecule has 1 aromatic carbocycles. The van der Waals surface area contributed by atoms with E-state index in [2.05, 4.69) is 5.32 Å². The van der Waals surface area contributed by atoms with Crippen LogP contribution in [0, 0.1) is 0 Å². The van der Waals surface area contributed by atoms with Gasteiger partial charge in [-0.1, -0.05) is 6.07 Å². The quantitative estimate of drug-likeness (QED) is 0.825. The molecule has 0 radical (unpaired) electrons. The number of benzene rings is 1. The van der Waals surface area contributed by atoms with Crippen molar-refractivity contribution in [2.45, 2.75) is 13.0 Å². The molecule has 2 aromatic rings. The number of hydrogen-bond donors (Lipinski definition) is 2. The van der Waals surface area contributed by atoms with Crippen LogP contribution in [0.1, 0.15) is 17.8 Å². The highest BCUT2D eigenvalue weighted by Crippen LogP contribution is 2.18. The molecule has 1 heterocycles. The third-order valence-electron chi connectivity index (χ3n) is 2.60. The molecule has 5 heteroatoms. The predicted molar refractivity (Wildman–Crippen MR) is 77.2 cm³/mol. The zero-order valence-electron chi connectivity index (χ0n) is 10.6. The van der Waals surface area contributed by atoms with Gasteiger partial charge in [-0.3, -0.25) is 4.79 Å². The second-order valence-electron chi connectivity index (χ2n) is 4.16. The fourth-order valence-corrected chi connectivity index (χ4v) is 2.34. The number of ether oxygens (including phenoxy) is 1. The standard InChI is InChI=1S/C14H16N2O2S/c1-10(13-3-2-8-19-13)16-14(17)9-18-12-6-4-11(15)5-7-12/h2-8,10H,9,15H2,1H3,(H,16,17). The average Bonchev–Trinajstić information content (AvgIpc) is 2.92. The molecule has 1 atom stereocenters. The van der Waals surface area contributed by atoms with E-state index < -0.39 is 0 Å². The Morgan fingerprint density at radius 2 is 2.11 bits per heavy atom. The van der Waals surface area contributed by atoms with E-state index in [0.717, 1.165) is 4.88 Å². The summed E-state index contributed by atoms with van der Waals surface area (Å²) < 4.78 is 5.38. The summed E-state index contributed by atoms with van der Waals surface area (Å²) in [6, 6.07) is 10.9. The topological polar surface area (TPSA) is 64.3 Å². The van der Waals surface area contributed by atoms with Gasteiger partial charge < -0.3 is 15.8 Å². The molecular formula is C14H16N2O2S. The Hall–Kier alpha value is -2.01. The zero-order chi connectivity index (χ0) is 13.7. The second kappa shape index (κ2) is 6.24. The van der Waals surface area contributed by atoms with Crippen molar-refractivity contribution < 1.29 is 9.53 Å². The first kappa shape index (κ1) is 13.4. The van der Waals surface area contributed by atoms with Gasteiger partial charge in [0.25, 0.3) is 5.91 Å². The number of carbonyl (C=O) groups excluding carboxylic acids is 1. The largest absolute Gasteiger partial charge is 0.484 e. The average molecular weight is 276 g/mol. The van der Waals surface area contributed by atoms with Crippen LogP contribution in [0.5, 0.6) is 5.75 Å². The van der Waals surface area contributed by atoms with Crippen LogP contribution in [0.15, 0.2) is 41.8 Å². The Labute approximate surface area is 116 Å². The van der Waals surface area contributed by atoms with Gasteiger partial charge in [0, 0.05) is 10.6 Å². The van der Waals surface area contributed by atoms with Crippen LogP contribution in [-0.4, -0.2) is 12.5 Å². The third kappa shape index (κ3) is 3.99. The van der Waals surface area contributed by atoms with Crippen molar-refractivity contribution in [2.75, 3.05) is 12.3 Å². The number of anilines is 1. The van der Waals surface area contributed by atoms with Gasteiger partial charge in [0.05, 0.1) is 6.04 Å². The fraction of sp³-hybridized carbons (Fsp3) is 0.214. The first-order valence-corrected chi connectivity index (χ1v) is 6.84. The Balaban J connectivity index is 1.80. The van der Waals surface area contributed by atoms with Crippen LogP contribution in [0.25, 0.3) is 0 Å². The lowest BCUT2D eigenvalue weighted by Crippen LogP contribution is -2.30. The Morgan fingerprint density at radius 1 is 1.37 bits per heavy atom. The minimum Gasteiger partial charge on any atom is -0.484 e. The summed E-state index contributed by atoms with van der Waals surface area (Å²) in [5.41, 5.74) is 6.24. The van der Waals surface area contributed by atoms with Crippen LogP contribution in [0.2, 0.25) is 0 Å². The SMILES string of the molecule is CC(NC(=O)COc1ccc(N)cc1)c1cccs1. The van der Waals surface area contributed by atoms with Gasteiger partial charge in [-0.15, -0.1) is 11.3 Å². The second-order valence-corrected chi connectivity index (χ2v) is 5.14. The lowest BCUT2D eigenvalue weighted by atomic mass is 10.3. The van der Waals surface area contributed by atoms with Crippen molar-refractivity contribution in [1.82, 2.24) is 5.32 Å². The van der Waals surface area contributed by atoms with Crippen LogP contribution in [-0.2, 0) is 4.79 Å². The predicted octanol–water partition coefficient (Wildman–Crippen LogP) is 2.59. The number of nitrogens with one attached hydrogen (secondary N) is 1. The van der Waals surface area contributed by atoms with E-state index in [1.165, 1.54) is 0 Å². The number of amides is 1. The van der Waals surface area contributed by atoms with Crippen molar-refractivity contribution in [3.05, 3.63) is 46.7 Å². The summed E-state index contributed by atoms with van der Waals surface area (Å²) in [6.07, 6.45) is 0. The molecule has 0 aliphatic rings. The fourth-order valence-electron chi connectivity index (χ4n) is 1.60. The number of nitrogen functional groups attached to an aromatic ring is 1. The molecule has 0 bridgehead atoms. The van der Waals surface area contributed by atoms with Crippen LogP contribution >= 0.6 is 11.3 Å². The molecule has 0 aliphatic carbocycles. The summed E-state index contributed by atoms with van der Waals surface area (Å²) in [6.45, 7) is 1.95. The van der Waals surface area contributed by atoms with Gasteiger partial charge in [-0.25, -0.2) is 0 Å². The summed E-state index contributed by atoms with van der Waals surface area (Å²) in [4.78, 5) is 12.9. The van der Waals surface area contributed by atoms with Gasteiger partial charge in [-0.05, 0) is 42.6 Å². The summed E-state index contributed by atoms with van der Waals surface area (Å²) in [7, 11) is 0. The van der Waals surface area contributed by atoms with Gasteiger partial charge in [-0.2, -0.15) is 0 Å². The number of thiophene rings is 1. The molecule has 0 fully saturated rings. The molecule has 1 amide bonds. The van der Waals surface area contributed by atoms with Crippen molar-refractivity contribution in [1.29, 1.82) is 0 Å². The zero-order valence-corrected chi connectivity index (χ0v) is 11.4. The maximum absolute atomic E-state index is 11.7. The van der Waals surface area contributed by atoms with Crippen LogP contribution < -0.4 is 15.8 Å². The lowest BCUT2D eigenvalue weighted by molar-refractivity contribution is -0.123. The van der Waals surface area contributed by atoms with Crippen LogP contribution in [0.4, 0.5) is 5.69 Å². The van der Waals surface area contributed by atoms with Gasteiger partial charge in [0.1, 0.15) is 5.75 Å². The summed E-state index contributed by atoms with van der Waals surface area (Å²) >= 11 is 1.62. The minimum absolute atomic E-state index is 0.000364. The van der Waals surface area contributed by atoms with Crippen molar-refractivity contribution in [3.8, 4) is 5.75 Å². The number of carbonyl (C=O) groups is 1. The molecule has 3 N–H and O–H groups in total. The molecule has 1 aromatic heterocycles.